The maximum Gasteiger partial charge on any atom is 0.256 e. The molecule has 1 aromatic rings. The Bertz CT molecular complexity index is 527. The van der Waals surface area contributed by atoms with Gasteiger partial charge < -0.3 is 20.7 Å². The van der Waals surface area contributed by atoms with Crippen LogP contribution in [0.25, 0.3) is 0 Å². The number of para-hydroxylation sites is 1. The molecule has 2 amide bonds. The topological polar surface area (TPSA) is 84.7 Å². The Morgan fingerprint density at radius 1 is 1.32 bits per heavy atom. The van der Waals surface area contributed by atoms with Gasteiger partial charge in [0.2, 0.25) is 5.91 Å². The monoisotopic (exact) mass is 305 g/mol. The van der Waals surface area contributed by atoms with Crippen LogP contribution in [0.5, 0.6) is 0 Å². The van der Waals surface area contributed by atoms with Crippen molar-refractivity contribution in [3.63, 3.8) is 0 Å². The van der Waals surface area contributed by atoms with Gasteiger partial charge in [0.25, 0.3) is 5.91 Å². The number of amides is 2. The molecular formula is C16H23N3O3. The Morgan fingerprint density at radius 3 is 2.68 bits per heavy atom. The first-order chi connectivity index (χ1) is 10.6. The van der Waals surface area contributed by atoms with E-state index >= 15 is 0 Å². The van der Waals surface area contributed by atoms with Gasteiger partial charge in [-0.2, -0.15) is 0 Å². The Labute approximate surface area is 130 Å². The Balaban J connectivity index is 2.12. The van der Waals surface area contributed by atoms with Gasteiger partial charge in [-0.1, -0.05) is 25.5 Å². The highest BCUT2D eigenvalue weighted by Crippen LogP contribution is 2.18. The normalized spacial score (nSPS) is 16.2. The van der Waals surface area contributed by atoms with Gasteiger partial charge in [0, 0.05) is 13.1 Å². The minimum absolute atomic E-state index is 0.0942. The van der Waals surface area contributed by atoms with Crippen LogP contribution in [0.15, 0.2) is 24.3 Å². The first kappa shape index (κ1) is 16.5. The third-order valence-electron chi connectivity index (χ3n) is 3.65. The highest BCUT2D eigenvalue weighted by molar-refractivity contribution is 6.04. The number of nitrogens with two attached hydrogens (primary N) is 1. The number of morpholine rings is 1. The lowest BCUT2D eigenvalue weighted by Crippen LogP contribution is -2.41. The van der Waals surface area contributed by atoms with E-state index in [1.165, 1.54) is 0 Å². The molecule has 0 radical (unpaired) electrons. The van der Waals surface area contributed by atoms with Crippen LogP contribution in [0, 0.1) is 0 Å². The van der Waals surface area contributed by atoms with Gasteiger partial charge in [0.15, 0.2) is 0 Å². The van der Waals surface area contributed by atoms with Crippen molar-refractivity contribution < 1.29 is 14.3 Å². The second-order valence-electron chi connectivity index (χ2n) is 5.33. The first-order valence-electron chi connectivity index (χ1n) is 7.66. The molecule has 1 aromatic carbocycles. The number of nitrogens with zero attached hydrogens (tertiary/aromatic N) is 1. The molecule has 6 heteroatoms. The lowest BCUT2D eigenvalue weighted by atomic mass is 10.1. The molecule has 0 spiro atoms. The summed E-state index contributed by atoms with van der Waals surface area (Å²) in [5.41, 5.74) is 6.82. The van der Waals surface area contributed by atoms with E-state index in [4.69, 9.17) is 10.5 Å². The molecule has 1 aliphatic rings. The average Bonchev–Trinajstić information content (AvgIpc) is 2.55. The summed E-state index contributed by atoms with van der Waals surface area (Å²) >= 11 is 0. The van der Waals surface area contributed by atoms with Gasteiger partial charge in [-0.3, -0.25) is 9.59 Å². The average molecular weight is 305 g/mol. The molecule has 1 atom stereocenters. The molecule has 0 aliphatic carbocycles. The fraction of sp³-hybridized carbons (Fsp3) is 0.500. The largest absolute Gasteiger partial charge is 0.378 e. The number of anilines is 1. The molecule has 1 saturated heterocycles. The van der Waals surface area contributed by atoms with Crippen molar-refractivity contribution in [2.24, 2.45) is 5.73 Å². The van der Waals surface area contributed by atoms with E-state index in [1.807, 2.05) is 6.92 Å². The summed E-state index contributed by atoms with van der Waals surface area (Å²) in [5.74, 6) is -0.354. The maximum atomic E-state index is 12.6. The van der Waals surface area contributed by atoms with Crippen LogP contribution in [0.4, 0.5) is 5.69 Å². The minimum atomic E-state index is -0.559. The number of rotatable bonds is 5. The van der Waals surface area contributed by atoms with Crippen LogP contribution in [0.3, 0.4) is 0 Å². The third kappa shape index (κ3) is 4.05. The molecule has 1 fully saturated rings. The zero-order valence-corrected chi connectivity index (χ0v) is 12.9. The highest BCUT2D eigenvalue weighted by Gasteiger charge is 2.22. The number of hydrogen-bond acceptors (Lipinski definition) is 4. The van der Waals surface area contributed by atoms with Gasteiger partial charge >= 0.3 is 0 Å². The predicted octanol–water partition coefficient (Wildman–Crippen LogP) is 1.22. The molecule has 22 heavy (non-hydrogen) atoms. The highest BCUT2D eigenvalue weighted by atomic mass is 16.5. The quantitative estimate of drug-likeness (QED) is 0.857. The van der Waals surface area contributed by atoms with Crippen LogP contribution >= 0.6 is 0 Å². The number of carbonyl (C=O) groups excluding carboxylic acids is 2. The van der Waals surface area contributed by atoms with Crippen molar-refractivity contribution in [3.8, 4) is 0 Å². The fourth-order valence-corrected chi connectivity index (χ4v) is 2.38. The summed E-state index contributed by atoms with van der Waals surface area (Å²) in [6.45, 7) is 4.19. The van der Waals surface area contributed by atoms with E-state index in [9.17, 15) is 9.59 Å². The van der Waals surface area contributed by atoms with Crippen molar-refractivity contribution in [2.75, 3.05) is 31.6 Å². The number of nitrogens with one attached hydrogen (secondary N) is 1. The van der Waals surface area contributed by atoms with Crippen LogP contribution in [0.2, 0.25) is 0 Å². The maximum absolute atomic E-state index is 12.6. The Kier molecular flexibility index (Phi) is 5.91. The minimum Gasteiger partial charge on any atom is -0.378 e. The van der Waals surface area contributed by atoms with Crippen LogP contribution in [-0.2, 0) is 9.53 Å². The molecular weight excluding hydrogens is 282 g/mol. The smallest absolute Gasteiger partial charge is 0.256 e. The molecule has 1 aliphatic heterocycles. The molecule has 120 valence electrons. The third-order valence-corrected chi connectivity index (χ3v) is 3.65. The van der Waals surface area contributed by atoms with E-state index in [1.54, 1.807) is 29.2 Å². The summed E-state index contributed by atoms with van der Waals surface area (Å²) in [4.78, 5) is 26.4. The standard InChI is InChI=1S/C16H23N3O3/c1-2-5-13(17)15(20)18-14-7-4-3-6-12(14)16(21)19-8-10-22-11-9-19/h3-4,6-7,13H,2,5,8-11,17H2,1H3,(H,18,20). The van der Waals surface area contributed by atoms with E-state index in [-0.39, 0.29) is 11.8 Å². The van der Waals surface area contributed by atoms with Crippen molar-refractivity contribution in [3.05, 3.63) is 29.8 Å². The summed E-state index contributed by atoms with van der Waals surface area (Å²) < 4.78 is 5.26. The molecule has 6 nitrogen and oxygen atoms in total. The summed E-state index contributed by atoms with van der Waals surface area (Å²) in [5, 5.41) is 2.77. The van der Waals surface area contributed by atoms with Crippen LogP contribution < -0.4 is 11.1 Å². The van der Waals surface area contributed by atoms with Crippen LogP contribution in [0.1, 0.15) is 30.1 Å². The summed E-state index contributed by atoms with van der Waals surface area (Å²) in [6.07, 6.45) is 1.45. The van der Waals surface area contributed by atoms with Gasteiger partial charge in [-0.15, -0.1) is 0 Å². The van der Waals surface area contributed by atoms with E-state index in [0.29, 0.717) is 44.0 Å². The van der Waals surface area contributed by atoms with Gasteiger partial charge in [-0.05, 0) is 18.6 Å². The molecule has 1 unspecified atom stereocenters. The first-order valence-corrected chi connectivity index (χ1v) is 7.66. The van der Waals surface area contributed by atoms with E-state index in [0.717, 1.165) is 6.42 Å². The second kappa shape index (κ2) is 7.91. The summed E-state index contributed by atoms with van der Waals surface area (Å²) in [7, 11) is 0. The molecule has 1 heterocycles. The zero-order chi connectivity index (χ0) is 15.9. The predicted molar refractivity (Wildman–Crippen MR) is 84.7 cm³/mol. The molecule has 2 rings (SSSR count). The van der Waals surface area contributed by atoms with Gasteiger partial charge in [0.1, 0.15) is 0 Å². The van der Waals surface area contributed by atoms with E-state index in [2.05, 4.69) is 5.32 Å². The fourth-order valence-electron chi connectivity index (χ4n) is 2.38. The lowest BCUT2D eigenvalue weighted by molar-refractivity contribution is -0.117. The second-order valence-corrected chi connectivity index (χ2v) is 5.33. The molecule has 3 N–H and O–H groups in total. The molecule has 0 saturated carbocycles. The van der Waals surface area contributed by atoms with Gasteiger partial charge in [-0.25, -0.2) is 0 Å². The van der Waals surface area contributed by atoms with Gasteiger partial charge in [0.05, 0.1) is 30.5 Å². The Hall–Kier alpha value is -1.92. The summed E-state index contributed by atoms with van der Waals surface area (Å²) in [6, 6.07) is 6.46. The lowest BCUT2D eigenvalue weighted by Gasteiger charge is -2.27. The van der Waals surface area contributed by atoms with Crippen LogP contribution in [-0.4, -0.2) is 49.1 Å². The SMILES string of the molecule is CCCC(N)C(=O)Nc1ccccc1C(=O)N1CCOCC1. The number of ether oxygens (including phenoxy) is 1. The van der Waals surface area contributed by atoms with Crippen molar-refractivity contribution in [1.82, 2.24) is 4.90 Å². The number of benzene rings is 1. The zero-order valence-electron chi connectivity index (χ0n) is 12.9. The number of carbonyl (C=O) groups is 2. The van der Waals surface area contributed by atoms with Crippen molar-refractivity contribution >= 4 is 17.5 Å². The van der Waals surface area contributed by atoms with E-state index < -0.39 is 6.04 Å². The van der Waals surface area contributed by atoms with Crippen molar-refractivity contribution in [1.29, 1.82) is 0 Å². The Morgan fingerprint density at radius 2 is 2.00 bits per heavy atom. The van der Waals surface area contributed by atoms with Crippen molar-refractivity contribution in [2.45, 2.75) is 25.8 Å². The molecule has 0 bridgehead atoms. The molecule has 0 aromatic heterocycles. The number of hydrogen-bond donors (Lipinski definition) is 2.